The van der Waals surface area contributed by atoms with Gasteiger partial charge in [0.15, 0.2) is 12.4 Å². The molecule has 1 aromatic carbocycles. The average molecular weight is 516 g/mol. The molecule has 0 radical (unpaired) electrons. The number of nitrogens with two attached hydrogens (primary N) is 1. The summed E-state index contributed by atoms with van der Waals surface area (Å²) >= 11 is 0. The zero-order chi connectivity index (χ0) is 26.4. The number of benzene rings is 1. The number of nitrogen functional groups attached to an aromatic ring is 1. The molecule has 4 atom stereocenters. The first kappa shape index (κ1) is 24.0. The van der Waals surface area contributed by atoms with E-state index in [1.807, 2.05) is 43.3 Å². The summed E-state index contributed by atoms with van der Waals surface area (Å²) < 4.78 is 28.9. The van der Waals surface area contributed by atoms with Gasteiger partial charge < -0.3 is 30.2 Å². The minimum atomic E-state index is -1.73. The van der Waals surface area contributed by atoms with Crippen LogP contribution in [0.15, 0.2) is 61.1 Å². The van der Waals surface area contributed by atoms with Gasteiger partial charge in [0.2, 0.25) is 0 Å². The van der Waals surface area contributed by atoms with Gasteiger partial charge in [-0.05, 0) is 43.3 Å². The van der Waals surface area contributed by atoms with Gasteiger partial charge >= 0.3 is 0 Å². The van der Waals surface area contributed by atoms with Crippen molar-refractivity contribution >= 4 is 33.6 Å². The number of aliphatic hydroxyl groups is 1. The Labute approximate surface area is 217 Å². The van der Waals surface area contributed by atoms with Gasteiger partial charge in [0.1, 0.15) is 48.2 Å². The second-order valence-corrected chi connectivity index (χ2v) is 9.18. The number of halogens is 1. The Kier molecular flexibility index (Phi) is 6.01. The van der Waals surface area contributed by atoms with Crippen LogP contribution in [0.3, 0.4) is 0 Å². The van der Waals surface area contributed by atoms with Gasteiger partial charge in [-0.1, -0.05) is 6.07 Å². The number of aliphatic hydroxyl groups excluding tert-OH is 1. The van der Waals surface area contributed by atoms with Gasteiger partial charge in [0.25, 0.3) is 0 Å². The van der Waals surface area contributed by atoms with E-state index in [0.717, 1.165) is 22.4 Å². The molecule has 1 fully saturated rings. The second-order valence-electron chi connectivity index (χ2n) is 9.18. The molecule has 0 unspecified atom stereocenters. The summed E-state index contributed by atoms with van der Waals surface area (Å²) in [6, 6.07) is 14.9. The number of hydrogen-bond acceptors (Lipinski definition) is 9. The molecule has 10 nitrogen and oxygen atoms in total. The molecular formula is C27H26FN7O3. The van der Waals surface area contributed by atoms with Crippen LogP contribution < -0.4 is 15.8 Å². The van der Waals surface area contributed by atoms with Crippen molar-refractivity contribution in [2.24, 2.45) is 0 Å². The fraction of sp³-hybridized carbons (Fsp3) is 0.259. The number of nitrogens with zero attached hydrogens (tertiary/aromatic N) is 5. The third-order valence-corrected chi connectivity index (χ3v) is 6.70. The van der Waals surface area contributed by atoms with Crippen molar-refractivity contribution in [1.82, 2.24) is 24.5 Å². The van der Waals surface area contributed by atoms with E-state index in [1.165, 1.54) is 6.33 Å². The number of nitrogens with one attached hydrogen (secondary N) is 1. The first-order valence-corrected chi connectivity index (χ1v) is 12.2. The lowest BCUT2D eigenvalue weighted by Crippen LogP contribution is -2.32. The average Bonchev–Trinajstić information content (AvgIpc) is 3.45. The van der Waals surface area contributed by atoms with Gasteiger partial charge in [-0.3, -0.25) is 4.98 Å². The van der Waals surface area contributed by atoms with Crippen LogP contribution in [-0.4, -0.2) is 61.6 Å². The van der Waals surface area contributed by atoms with Crippen LogP contribution in [0.2, 0.25) is 0 Å². The van der Waals surface area contributed by atoms with E-state index in [-0.39, 0.29) is 12.4 Å². The maximum atomic E-state index is 15.5. The number of hydrogen-bond donors (Lipinski definition) is 3. The lowest BCUT2D eigenvalue weighted by molar-refractivity contribution is -0.0410. The highest BCUT2D eigenvalue weighted by Crippen LogP contribution is 2.39. The Morgan fingerprint density at radius 2 is 2.00 bits per heavy atom. The zero-order valence-electron chi connectivity index (χ0n) is 20.7. The molecule has 0 spiro atoms. The number of rotatable bonds is 6. The van der Waals surface area contributed by atoms with Crippen molar-refractivity contribution < 1.29 is 19.0 Å². The summed E-state index contributed by atoms with van der Waals surface area (Å²) in [7, 11) is 1.80. The molecule has 4 N–H and O–H groups in total. The van der Waals surface area contributed by atoms with E-state index in [2.05, 4.69) is 25.3 Å². The minimum Gasteiger partial charge on any atom is -0.491 e. The Balaban J connectivity index is 1.28. The molecule has 6 rings (SSSR count). The lowest BCUT2D eigenvalue weighted by atomic mass is 10.1. The molecule has 5 heterocycles. The first-order chi connectivity index (χ1) is 18.4. The standard InChI is InChI=1S/C27H26FN7O3/c1-14-4-3-5-18(33-14)17-11-35(26-22(17)25(29)31-13-32-26)27-23(28)24(36)20(38-27)12-37-16-8-6-15-7-9-21(30-2)34-19(15)10-16/h3-11,13,20,23-24,27,36H,12H2,1-2H3,(H,30,34)(H2,29,31,32)/t20-,23+,24-,27-/m1/s1. The summed E-state index contributed by atoms with van der Waals surface area (Å²) in [6.45, 7) is 1.82. The van der Waals surface area contributed by atoms with E-state index in [4.69, 9.17) is 15.2 Å². The Bertz CT molecular complexity index is 1640. The molecule has 38 heavy (non-hydrogen) atoms. The largest absolute Gasteiger partial charge is 0.491 e. The van der Waals surface area contributed by atoms with E-state index in [0.29, 0.717) is 28.0 Å². The fourth-order valence-corrected chi connectivity index (χ4v) is 4.76. The number of aryl methyl sites for hydroxylation is 1. The second kappa shape index (κ2) is 9.51. The predicted octanol–water partition coefficient (Wildman–Crippen LogP) is 3.65. The third kappa shape index (κ3) is 4.15. The molecule has 5 aromatic rings. The molecule has 11 heteroatoms. The molecule has 194 valence electrons. The summed E-state index contributed by atoms with van der Waals surface area (Å²) in [5, 5.41) is 15.2. The summed E-state index contributed by atoms with van der Waals surface area (Å²) in [6.07, 6.45) is -2.20. The van der Waals surface area contributed by atoms with Crippen LogP contribution in [0.5, 0.6) is 5.75 Å². The number of ether oxygens (including phenoxy) is 2. The van der Waals surface area contributed by atoms with Gasteiger partial charge in [-0.2, -0.15) is 0 Å². The van der Waals surface area contributed by atoms with E-state index >= 15 is 4.39 Å². The number of alkyl halides is 1. The van der Waals surface area contributed by atoms with Crippen molar-refractivity contribution in [3.8, 4) is 17.0 Å². The highest BCUT2D eigenvalue weighted by Gasteiger charge is 2.46. The topological polar surface area (TPSA) is 133 Å². The van der Waals surface area contributed by atoms with Crippen molar-refractivity contribution in [2.75, 3.05) is 24.7 Å². The van der Waals surface area contributed by atoms with Gasteiger partial charge in [-0.25, -0.2) is 19.3 Å². The smallest absolute Gasteiger partial charge is 0.173 e. The Morgan fingerprint density at radius 1 is 1.16 bits per heavy atom. The SMILES string of the molecule is CNc1ccc2ccc(OC[C@H]3O[C@@H](n4cc(-c5cccc(C)n5)c5c(N)ncnc54)[C@@H](F)[C@@H]3O)cc2n1. The summed E-state index contributed by atoms with van der Waals surface area (Å²) in [4.78, 5) is 17.6. The Morgan fingerprint density at radius 3 is 2.82 bits per heavy atom. The van der Waals surface area contributed by atoms with Crippen molar-refractivity contribution in [3.05, 3.63) is 66.7 Å². The molecule has 4 aromatic heterocycles. The lowest BCUT2D eigenvalue weighted by Gasteiger charge is -2.17. The van der Waals surface area contributed by atoms with Crippen LogP contribution in [0.4, 0.5) is 16.0 Å². The molecule has 0 bridgehead atoms. The van der Waals surface area contributed by atoms with Gasteiger partial charge in [0, 0.05) is 36.0 Å². The molecule has 1 aliphatic heterocycles. The molecule has 1 aliphatic rings. The number of pyridine rings is 2. The van der Waals surface area contributed by atoms with Gasteiger partial charge in [0.05, 0.1) is 16.6 Å². The van der Waals surface area contributed by atoms with Crippen molar-refractivity contribution in [2.45, 2.75) is 31.5 Å². The van der Waals surface area contributed by atoms with Crippen LogP contribution >= 0.6 is 0 Å². The van der Waals surface area contributed by atoms with Crippen molar-refractivity contribution in [1.29, 1.82) is 0 Å². The van der Waals surface area contributed by atoms with Crippen molar-refractivity contribution in [3.63, 3.8) is 0 Å². The van der Waals surface area contributed by atoms with E-state index < -0.39 is 24.6 Å². The monoisotopic (exact) mass is 515 g/mol. The molecular weight excluding hydrogens is 489 g/mol. The Hall–Kier alpha value is -4.35. The third-order valence-electron chi connectivity index (χ3n) is 6.70. The maximum absolute atomic E-state index is 15.5. The number of aromatic nitrogens is 5. The normalized spacial score (nSPS) is 21.3. The van der Waals surface area contributed by atoms with Crippen LogP contribution in [0.1, 0.15) is 11.9 Å². The number of anilines is 2. The first-order valence-electron chi connectivity index (χ1n) is 12.2. The minimum absolute atomic E-state index is 0.0576. The molecule has 0 saturated carbocycles. The molecule has 0 aliphatic carbocycles. The maximum Gasteiger partial charge on any atom is 0.173 e. The van der Waals surface area contributed by atoms with Crippen LogP contribution in [-0.2, 0) is 4.74 Å². The summed E-state index contributed by atoms with van der Waals surface area (Å²) in [5.41, 5.74) is 9.45. The fourth-order valence-electron chi connectivity index (χ4n) is 4.76. The highest BCUT2D eigenvalue weighted by molar-refractivity contribution is 6.00. The van der Waals surface area contributed by atoms with Crippen LogP contribution in [0, 0.1) is 6.92 Å². The highest BCUT2D eigenvalue weighted by atomic mass is 19.1. The van der Waals surface area contributed by atoms with Crippen LogP contribution in [0.25, 0.3) is 33.2 Å². The quantitative estimate of drug-likeness (QED) is 0.310. The van der Waals surface area contributed by atoms with E-state index in [1.54, 1.807) is 29.9 Å². The van der Waals surface area contributed by atoms with Gasteiger partial charge in [-0.15, -0.1) is 0 Å². The summed E-state index contributed by atoms with van der Waals surface area (Å²) in [5.74, 6) is 1.51. The number of fused-ring (bicyclic) bond motifs is 2. The predicted molar refractivity (Wildman–Crippen MR) is 142 cm³/mol. The molecule has 0 amide bonds. The molecule has 1 saturated heterocycles. The van der Waals surface area contributed by atoms with E-state index in [9.17, 15) is 5.11 Å². The zero-order valence-corrected chi connectivity index (χ0v) is 20.7.